The number of rotatable bonds is 5. The Morgan fingerprint density at radius 1 is 1.24 bits per heavy atom. The molecular weight excluding hydrogens is 290 g/mol. The molecule has 2 aliphatic rings. The molecule has 3 rings (SSSR count). The summed E-state index contributed by atoms with van der Waals surface area (Å²) in [5.74, 6) is -0.255. The lowest BCUT2D eigenvalue weighted by molar-refractivity contribution is -0.122. The monoisotopic (exact) mass is 309 g/mol. The molecule has 1 saturated heterocycles. The molecule has 1 aliphatic carbocycles. The van der Waals surface area contributed by atoms with E-state index in [0.29, 0.717) is 19.1 Å². The molecule has 2 N–H and O–H groups in total. The number of carbonyl (C=O) groups is 1. The summed E-state index contributed by atoms with van der Waals surface area (Å²) in [4.78, 5) is 11.6. The molecule has 0 aromatic heterocycles. The summed E-state index contributed by atoms with van der Waals surface area (Å²) in [7, 11) is -3.58. The van der Waals surface area contributed by atoms with Gasteiger partial charge in [0.05, 0.1) is 11.4 Å². The average molecular weight is 309 g/mol. The molecule has 0 radical (unpaired) electrons. The number of carbonyl (C=O) groups excluding carboxylic acids is 1. The highest BCUT2D eigenvalue weighted by Crippen LogP contribution is 2.20. The van der Waals surface area contributed by atoms with Crippen molar-refractivity contribution in [2.24, 2.45) is 0 Å². The van der Waals surface area contributed by atoms with Gasteiger partial charge < -0.3 is 10.6 Å². The van der Waals surface area contributed by atoms with Gasteiger partial charge in [-0.25, -0.2) is 8.42 Å². The molecule has 0 bridgehead atoms. The zero-order valence-corrected chi connectivity index (χ0v) is 12.5. The van der Waals surface area contributed by atoms with Gasteiger partial charge in [-0.1, -0.05) is 12.1 Å². The average Bonchev–Trinajstić information content (AvgIpc) is 3.30. The zero-order chi connectivity index (χ0) is 14.9. The Morgan fingerprint density at radius 3 is 2.57 bits per heavy atom. The summed E-state index contributed by atoms with van der Waals surface area (Å²) in [6, 6.07) is 7.51. The van der Waals surface area contributed by atoms with Gasteiger partial charge in [-0.15, -0.1) is 0 Å². The Bertz CT molecular complexity index is 623. The third-order valence-corrected chi connectivity index (χ3v) is 5.60. The van der Waals surface area contributed by atoms with Gasteiger partial charge in [0.25, 0.3) is 0 Å². The van der Waals surface area contributed by atoms with E-state index in [9.17, 15) is 13.2 Å². The van der Waals surface area contributed by atoms with Gasteiger partial charge in [0.15, 0.2) is 0 Å². The van der Waals surface area contributed by atoms with E-state index in [4.69, 9.17) is 0 Å². The van der Waals surface area contributed by atoms with E-state index >= 15 is 0 Å². The lowest BCUT2D eigenvalue weighted by atomic mass is 10.2. The standard InChI is InChI=1S/C14H19N3O3S/c18-14-10-17(8-7-15-14)21(19,20)13-5-1-11(2-6-13)9-16-12-3-4-12/h1-2,5-6,12,16H,3-4,7-10H2,(H,15,18). The van der Waals surface area contributed by atoms with Gasteiger partial charge in [0.1, 0.15) is 0 Å². The molecule has 0 atom stereocenters. The molecule has 1 aliphatic heterocycles. The Balaban J connectivity index is 1.70. The minimum Gasteiger partial charge on any atom is -0.354 e. The Morgan fingerprint density at radius 2 is 1.95 bits per heavy atom. The fraction of sp³-hybridized carbons (Fsp3) is 0.500. The minimum absolute atomic E-state index is 0.104. The summed E-state index contributed by atoms with van der Waals surface area (Å²) < 4.78 is 26.1. The predicted molar refractivity (Wildman–Crippen MR) is 78.1 cm³/mol. The molecule has 1 heterocycles. The van der Waals surface area contributed by atoms with Crippen LogP contribution in [-0.4, -0.2) is 44.3 Å². The van der Waals surface area contributed by atoms with Crippen LogP contribution in [-0.2, 0) is 21.4 Å². The fourth-order valence-electron chi connectivity index (χ4n) is 2.30. The van der Waals surface area contributed by atoms with Crippen molar-refractivity contribution in [3.8, 4) is 0 Å². The summed E-state index contributed by atoms with van der Waals surface area (Å²) >= 11 is 0. The Kier molecular flexibility index (Phi) is 3.97. The summed E-state index contributed by atoms with van der Waals surface area (Å²) in [6.45, 7) is 1.34. The lowest BCUT2D eigenvalue weighted by Crippen LogP contribution is -2.49. The van der Waals surface area contributed by atoms with Gasteiger partial charge in [0, 0.05) is 25.7 Å². The first-order valence-electron chi connectivity index (χ1n) is 7.15. The Hall–Kier alpha value is -1.44. The summed E-state index contributed by atoms with van der Waals surface area (Å²) in [5, 5.41) is 6.01. The van der Waals surface area contributed by atoms with Crippen LogP contribution in [0, 0.1) is 0 Å². The van der Waals surface area contributed by atoms with Crippen molar-refractivity contribution in [3.63, 3.8) is 0 Å². The van der Waals surface area contributed by atoms with E-state index in [-0.39, 0.29) is 17.3 Å². The third-order valence-electron chi connectivity index (χ3n) is 3.74. The first-order chi connectivity index (χ1) is 10.1. The Labute approximate surface area is 124 Å². The summed E-state index contributed by atoms with van der Waals surface area (Å²) in [6.07, 6.45) is 2.45. The van der Waals surface area contributed by atoms with E-state index in [1.165, 1.54) is 17.1 Å². The number of nitrogens with zero attached hydrogens (tertiary/aromatic N) is 1. The maximum absolute atomic E-state index is 12.5. The quantitative estimate of drug-likeness (QED) is 0.806. The van der Waals surface area contributed by atoms with E-state index in [1.807, 2.05) is 12.1 Å². The zero-order valence-electron chi connectivity index (χ0n) is 11.7. The lowest BCUT2D eigenvalue weighted by Gasteiger charge is -2.25. The molecule has 114 valence electrons. The van der Waals surface area contributed by atoms with Crippen LogP contribution in [0.2, 0.25) is 0 Å². The third kappa shape index (κ3) is 3.42. The van der Waals surface area contributed by atoms with Crippen LogP contribution in [0.3, 0.4) is 0 Å². The smallest absolute Gasteiger partial charge is 0.243 e. The van der Waals surface area contributed by atoms with Gasteiger partial charge >= 0.3 is 0 Å². The van der Waals surface area contributed by atoms with Crippen LogP contribution >= 0.6 is 0 Å². The molecule has 0 spiro atoms. The van der Waals surface area contributed by atoms with Crippen LogP contribution in [0.15, 0.2) is 29.2 Å². The van der Waals surface area contributed by atoms with Gasteiger partial charge in [0.2, 0.25) is 15.9 Å². The van der Waals surface area contributed by atoms with Crippen molar-refractivity contribution >= 4 is 15.9 Å². The number of amides is 1. The maximum Gasteiger partial charge on any atom is 0.243 e. The number of hydrogen-bond acceptors (Lipinski definition) is 4. The second kappa shape index (κ2) is 5.75. The largest absolute Gasteiger partial charge is 0.354 e. The van der Waals surface area contributed by atoms with E-state index < -0.39 is 10.0 Å². The van der Waals surface area contributed by atoms with Crippen molar-refractivity contribution in [3.05, 3.63) is 29.8 Å². The normalized spacial score (nSPS) is 20.3. The molecular formula is C14H19N3O3S. The molecule has 21 heavy (non-hydrogen) atoms. The maximum atomic E-state index is 12.5. The van der Waals surface area contributed by atoms with Crippen molar-refractivity contribution in [2.45, 2.75) is 30.3 Å². The highest BCUT2D eigenvalue weighted by Gasteiger charge is 2.29. The van der Waals surface area contributed by atoms with Gasteiger partial charge in [-0.05, 0) is 30.5 Å². The molecule has 1 aromatic carbocycles. The molecule has 6 nitrogen and oxygen atoms in total. The van der Waals surface area contributed by atoms with Crippen LogP contribution < -0.4 is 10.6 Å². The highest BCUT2D eigenvalue weighted by atomic mass is 32.2. The van der Waals surface area contributed by atoms with Crippen LogP contribution in [0.25, 0.3) is 0 Å². The second-order valence-electron chi connectivity index (χ2n) is 5.49. The number of benzene rings is 1. The van der Waals surface area contributed by atoms with Crippen LogP contribution in [0.4, 0.5) is 0 Å². The number of hydrogen-bond donors (Lipinski definition) is 2. The molecule has 1 aromatic rings. The number of nitrogens with one attached hydrogen (secondary N) is 2. The van der Waals surface area contributed by atoms with Crippen molar-refractivity contribution < 1.29 is 13.2 Å². The predicted octanol–water partition coefficient (Wildman–Crippen LogP) is 0.0591. The molecule has 0 unspecified atom stereocenters. The molecule has 1 saturated carbocycles. The van der Waals surface area contributed by atoms with E-state index in [1.54, 1.807) is 12.1 Å². The highest BCUT2D eigenvalue weighted by molar-refractivity contribution is 7.89. The van der Waals surface area contributed by atoms with Crippen LogP contribution in [0.1, 0.15) is 18.4 Å². The first kappa shape index (κ1) is 14.5. The van der Waals surface area contributed by atoms with E-state index in [0.717, 1.165) is 12.1 Å². The molecule has 1 amide bonds. The number of piperazine rings is 1. The van der Waals surface area contributed by atoms with Crippen LogP contribution in [0.5, 0.6) is 0 Å². The second-order valence-corrected chi connectivity index (χ2v) is 7.43. The van der Waals surface area contributed by atoms with Crippen molar-refractivity contribution in [1.82, 2.24) is 14.9 Å². The molecule has 2 fully saturated rings. The molecule has 7 heteroatoms. The SMILES string of the molecule is O=C1CN(S(=O)(=O)c2ccc(CNC3CC3)cc2)CCN1. The summed E-state index contributed by atoms with van der Waals surface area (Å²) in [5.41, 5.74) is 1.07. The fourth-order valence-corrected chi connectivity index (χ4v) is 3.70. The van der Waals surface area contributed by atoms with Crippen molar-refractivity contribution in [1.29, 1.82) is 0 Å². The van der Waals surface area contributed by atoms with Crippen molar-refractivity contribution in [2.75, 3.05) is 19.6 Å². The minimum atomic E-state index is -3.58. The van der Waals surface area contributed by atoms with Gasteiger partial charge in [-0.3, -0.25) is 4.79 Å². The first-order valence-corrected chi connectivity index (χ1v) is 8.59. The topological polar surface area (TPSA) is 78.5 Å². The van der Waals surface area contributed by atoms with E-state index in [2.05, 4.69) is 10.6 Å². The number of sulfonamides is 1. The van der Waals surface area contributed by atoms with Gasteiger partial charge in [-0.2, -0.15) is 4.31 Å².